The predicted molar refractivity (Wildman–Crippen MR) is 143 cm³/mol. The molecule has 0 saturated carbocycles. The van der Waals surface area contributed by atoms with E-state index in [0.717, 1.165) is 57.4 Å². The predicted octanol–water partition coefficient (Wildman–Crippen LogP) is 4.37. The molecule has 1 fully saturated rings. The molecule has 1 aliphatic rings. The molecule has 7 rings (SSSR count). The summed E-state index contributed by atoms with van der Waals surface area (Å²) in [5.41, 5.74) is 11.4. The molecular formula is C28H26N8O. The molecule has 37 heavy (non-hydrogen) atoms. The van der Waals surface area contributed by atoms with Crippen LogP contribution >= 0.6 is 0 Å². The molecule has 1 aliphatic heterocycles. The van der Waals surface area contributed by atoms with Crippen molar-refractivity contribution in [2.24, 2.45) is 7.05 Å². The molecule has 0 aliphatic carbocycles. The number of aromatic nitrogens is 6. The standard InChI is InChI=1S/C28H26N8O/c1-34-22-9-5-3-7-19(22)23(33-34)28(37)35-13-10-17(11-14-35)27-32-24(25-26(29)30-12-15-36(25)27)21-16-18-6-2-4-8-20(18)31-21/h2-9,12,15-17,31H,10-11,13-14H2,1H3,(H2,29,30). The zero-order valence-electron chi connectivity index (χ0n) is 20.4. The molecule has 0 unspecified atom stereocenters. The number of aryl methyl sites for hydroxylation is 1. The van der Waals surface area contributed by atoms with E-state index < -0.39 is 0 Å². The fourth-order valence-corrected chi connectivity index (χ4v) is 5.63. The minimum absolute atomic E-state index is 0.0181. The third-order valence-electron chi connectivity index (χ3n) is 7.50. The number of benzene rings is 2. The Hall–Kier alpha value is -4.66. The number of para-hydroxylation sites is 2. The summed E-state index contributed by atoms with van der Waals surface area (Å²) in [5.74, 6) is 1.57. The van der Waals surface area contributed by atoms with Gasteiger partial charge in [0, 0.05) is 54.7 Å². The van der Waals surface area contributed by atoms with Crippen molar-refractivity contribution in [3.63, 3.8) is 0 Å². The highest BCUT2D eigenvalue weighted by Gasteiger charge is 2.30. The van der Waals surface area contributed by atoms with Crippen molar-refractivity contribution < 1.29 is 4.79 Å². The maximum Gasteiger partial charge on any atom is 0.275 e. The van der Waals surface area contributed by atoms with Crippen LogP contribution in [0.4, 0.5) is 5.82 Å². The number of H-pyrrole nitrogens is 1. The molecule has 1 saturated heterocycles. The molecular weight excluding hydrogens is 464 g/mol. The lowest BCUT2D eigenvalue weighted by Crippen LogP contribution is -2.38. The van der Waals surface area contributed by atoms with Crippen molar-refractivity contribution in [2.45, 2.75) is 18.8 Å². The normalized spacial score (nSPS) is 14.8. The number of fused-ring (bicyclic) bond motifs is 3. The highest BCUT2D eigenvalue weighted by Crippen LogP contribution is 2.35. The third kappa shape index (κ3) is 3.38. The Morgan fingerprint density at radius 1 is 1.08 bits per heavy atom. The van der Waals surface area contributed by atoms with Crippen LogP contribution in [0.3, 0.4) is 0 Å². The summed E-state index contributed by atoms with van der Waals surface area (Å²) >= 11 is 0. The molecule has 184 valence electrons. The highest BCUT2D eigenvalue weighted by molar-refractivity contribution is 6.04. The average Bonchev–Trinajstić information content (AvgIpc) is 3.62. The summed E-state index contributed by atoms with van der Waals surface area (Å²) in [6.07, 6.45) is 5.26. The van der Waals surface area contributed by atoms with Crippen LogP contribution in [-0.2, 0) is 7.05 Å². The third-order valence-corrected chi connectivity index (χ3v) is 7.50. The van der Waals surface area contributed by atoms with Gasteiger partial charge in [-0.25, -0.2) is 9.97 Å². The molecule has 9 heteroatoms. The number of aromatic amines is 1. The summed E-state index contributed by atoms with van der Waals surface area (Å²) in [4.78, 5) is 28.2. The van der Waals surface area contributed by atoms with Gasteiger partial charge in [0.05, 0.1) is 11.2 Å². The van der Waals surface area contributed by atoms with E-state index in [-0.39, 0.29) is 11.8 Å². The summed E-state index contributed by atoms with van der Waals surface area (Å²) in [5, 5.41) is 6.55. The SMILES string of the molecule is Cn1nc(C(=O)N2CCC(c3nc(-c4cc5ccccc5[nH]4)c4c(N)nccn34)CC2)c2ccccc21. The number of hydrogen-bond acceptors (Lipinski definition) is 5. The first kappa shape index (κ1) is 21.6. The van der Waals surface area contributed by atoms with E-state index in [2.05, 4.69) is 37.7 Å². The van der Waals surface area contributed by atoms with Gasteiger partial charge < -0.3 is 15.6 Å². The van der Waals surface area contributed by atoms with Crippen LogP contribution in [0, 0.1) is 0 Å². The number of hydrogen-bond donors (Lipinski definition) is 2. The van der Waals surface area contributed by atoms with Crippen LogP contribution < -0.4 is 5.73 Å². The van der Waals surface area contributed by atoms with E-state index in [1.807, 2.05) is 54.5 Å². The van der Waals surface area contributed by atoms with E-state index in [0.29, 0.717) is 24.6 Å². The lowest BCUT2D eigenvalue weighted by molar-refractivity contribution is 0.0706. The molecule has 5 heterocycles. The van der Waals surface area contributed by atoms with Gasteiger partial charge in [-0.2, -0.15) is 5.10 Å². The van der Waals surface area contributed by atoms with Gasteiger partial charge in [0.1, 0.15) is 22.9 Å². The Bertz CT molecular complexity index is 1770. The van der Waals surface area contributed by atoms with E-state index in [4.69, 9.17) is 10.7 Å². The van der Waals surface area contributed by atoms with Crippen LogP contribution in [0.1, 0.15) is 35.1 Å². The molecule has 6 aromatic rings. The van der Waals surface area contributed by atoms with Gasteiger partial charge in [0.2, 0.25) is 0 Å². The summed E-state index contributed by atoms with van der Waals surface area (Å²) in [7, 11) is 1.88. The number of piperidine rings is 1. The quantitative estimate of drug-likeness (QED) is 0.383. The number of likely N-dealkylation sites (tertiary alicyclic amines) is 1. The Morgan fingerprint density at radius 2 is 1.86 bits per heavy atom. The Labute approximate surface area is 212 Å². The van der Waals surface area contributed by atoms with Crippen molar-refractivity contribution >= 4 is 39.0 Å². The minimum Gasteiger partial charge on any atom is -0.382 e. The van der Waals surface area contributed by atoms with Crippen molar-refractivity contribution in [3.8, 4) is 11.4 Å². The van der Waals surface area contributed by atoms with Gasteiger partial charge in [-0.1, -0.05) is 36.4 Å². The fourth-order valence-electron chi connectivity index (χ4n) is 5.63. The molecule has 1 amide bonds. The number of anilines is 1. The van der Waals surface area contributed by atoms with Gasteiger partial charge in [-0.3, -0.25) is 13.9 Å². The van der Waals surface area contributed by atoms with Crippen molar-refractivity contribution in [1.29, 1.82) is 0 Å². The molecule has 0 bridgehead atoms. The van der Waals surface area contributed by atoms with E-state index in [9.17, 15) is 4.79 Å². The first-order valence-electron chi connectivity index (χ1n) is 12.5. The van der Waals surface area contributed by atoms with Crippen LogP contribution in [0.5, 0.6) is 0 Å². The molecule has 4 aromatic heterocycles. The monoisotopic (exact) mass is 490 g/mol. The van der Waals surface area contributed by atoms with Crippen molar-refractivity contribution in [1.82, 2.24) is 34.0 Å². The number of carbonyl (C=O) groups excluding carboxylic acids is 1. The van der Waals surface area contributed by atoms with Crippen LogP contribution in [0.25, 0.3) is 38.7 Å². The number of nitrogens with two attached hydrogens (primary N) is 1. The van der Waals surface area contributed by atoms with Crippen molar-refractivity contribution in [2.75, 3.05) is 18.8 Å². The maximum atomic E-state index is 13.4. The summed E-state index contributed by atoms with van der Waals surface area (Å²) in [6.45, 7) is 1.29. The molecule has 0 atom stereocenters. The first-order chi connectivity index (χ1) is 18.1. The zero-order chi connectivity index (χ0) is 25.1. The lowest BCUT2D eigenvalue weighted by atomic mass is 9.95. The Balaban J connectivity index is 1.20. The van der Waals surface area contributed by atoms with Gasteiger partial charge in [-0.05, 0) is 31.0 Å². The number of carbonyl (C=O) groups is 1. The number of nitrogen functional groups attached to an aromatic ring is 1. The largest absolute Gasteiger partial charge is 0.382 e. The number of imidazole rings is 1. The van der Waals surface area contributed by atoms with Crippen LogP contribution in [0.15, 0.2) is 67.0 Å². The van der Waals surface area contributed by atoms with Gasteiger partial charge in [0.15, 0.2) is 5.69 Å². The van der Waals surface area contributed by atoms with E-state index >= 15 is 0 Å². The Morgan fingerprint density at radius 3 is 2.70 bits per heavy atom. The smallest absolute Gasteiger partial charge is 0.275 e. The molecule has 3 N–H and O–H groups in total. The second-order valence-electron chi connectivity index (χ2n) is 9.68. The number of amides is 1. The zero-order valence-corrected chi connectivity index (χ0v) is 20.4. The van der Waals surface area contributed by atoms with Crippen LogP contribution in [-0.4, -0.2) is 53.0 Å². The molecule has 9 nitrogen and oxygen atoms in total. The number of nitrogens with one attached hydrogen (secondary N) is 1. The number of rotatable bonds is 3. The van der Waals surface area contributed by atoms with Crippen molar-refractivity contribution in [3.05, 3.63) is 78.5 Å². The summed E-state index contributed by atoms with van der Waals surface area (Å²) < 4.78 is 3.84. The van der Waals surface area contributed by atoms with E-state index in [1.54, 1.807) is 10.9 Å². The van der Waals surface area contributed by atoms with Gasteiger partial charge in [0.25, 0.3) is 5.91 Å². The van der Waals surface area contributed by atoms with Crippen LogP contribution in [0.2, 0.25) is 0 Å². The minimum atomic E-state index is -0.0181. The second-order valence-corrected chi connectivity index (χ2v) is 9.68. The highest BCUT2D eigenvalue weighted by atomic mass is 16.2. The average molecular weight is 491 g/mol. The molecule has 2 aromatic carbocycles. The first-order valence-corrected chi connectivity index (χ1v) is 12.5. The molecule has 0 radical (unpaired) electrons. The summed E-state index contributed by atoms with van der Waals surface area (Å²) in [6, 6.07) is 18.1. The van der Waals surface area contributed by atoms with Gasteiger partial charge in [-0.15, -0.1) is 0 Å². The van der Waals surface area contributed by atoms with Gasteiger partial charge >= 0.3 is 0 Å². The molecule has 0 spiro atoms. The fraction of sp³-hybridized carbons (Fsp3) is 0.214. The Kier molecular flexibility index (Phi) is 4.78. The maximum absolute atomic E-state index is 13.4. The topological polar surface area (TPSA) is 110 Å². The second kappa shape index (κ2) is 8.19. The lowest BCUT2D eigenvalue weighted by Gasteiger charge is -2.31. The van der Waals surface area contributed by atoms with E-state index in [1.165, 1.54) is 0 Å². The number of nitrogens with zero attached hydrogens (tertiary/aromatic N) is 6.